The molecule has 0 aliphatic heterocycles. The fourth-order valence-electron chi connectivity index (χ4n) is 1.64. The highest BCUT2D eigenvalue weighted by atomic mass is 16.4. The van der Waals surface area contributed by atoms with Gasteiger partial charge >= 0.3 is 5.97 Å². The van der Waals surface area contributed by atoms with Gasteiger partial charge in [-0.15, -0.1) is 0 Å². The fourth-order valence-corrected chi connectivity index (χ4v) is 1.64. The van der Waals surface area contributed by atoms with E-state index in [0.29, 0.717) is 6.54 Å². The molecule has 0 unspecified atom stereocenters. The molecule has 1 N–H and O–H groups in total. The van der Waals surface area contributed by atoms with Gasteiger partial charge < -0.3 is 10.0 Å². The van der Waals surface area contributed by atoms with Crippen molar-refractivity contribution in [2.24, 2.45) is 0 Å². The summed E-state index contributed by atoms with van der Waals surface area (Å²) in [5.74, 6) is -0.818. The highest BCUT2D eigenvalue weighted by Gasteiger charge is 2.06. The van der Waals surface area contributed by atoms with Crippen LogP contribution in [0.3, 0.4) is 0 Å². The first kappa shape index (κ1) is 15.0. The predicted molar refractivity (Wildman–Crippen MR) is 79.2 cm³/mol. The molecule has 0 saturated carbocycles. The summed E-state index contributed by atoms with van der Waals surface area (Å²) in [5.41, 5.74) is 2.27. The van der Waals surface area contributed by atoms with E-state index in [0.717, 1.165) is 11.3 Å². The molecule has 0 bridgehead atoms. The first-order valence-corrected chi connectivity index (χ1v) is 6.22. The molecular formula is C15H21N2O2+. The van der Waals surface area contributed by atoms with Gasteiger partial charge in [-0.05, 0) is 23.8 Å². The summed E-state index contributed by atoms with van der Waals surface area (Å²) < 4.78 is 1.74. The van der Waals surface area contributed by atoms with E-state index in [-0.39, 0.29) is 6.54 Å². The van der Waals surface area contributed by atoms with Crippen LogP contribution in [0.25, 0.3) is 6.08 Å². The lowest BCUT2D eigenvalue weighted by atomic mass is 10.2. The van der Waals surface area contributed by atoms with Crippen LogP contribution in [0.15, 0.2) is 30.3 Å². The zero-order valence-electron chi connectivity index (χ0n) is 11.7. The minimum atomic E-state index is -0.818. The molecule has 0 heterocycles. The van der Waals surface area contributed by atoms with Crippen LogP contribution in [0.5, 0.6) is 0 Å². The second-order valence-corrected chi connectivity index (χ2v) is 4.47. The normalized spacial score (nSPS) is 11.8. The minimum absolute atomic E-state index is 0.0282. The van der Waals surface area contributed by atoms with Crippen molar-refractivity contribution in [3.63, 3.8) is 0 Å². The molecule has 19 heavy (non-hydrogen) atoms. The average molecular weight is 261 g/mol. The Morgan fingerprint density at radius 2 is 1.95 bits per heavy atom. The van der Waals surface area contributed by atoms with Gasteiger partial charge in [-0.2, -0.15) is 0 Å². The molecule has 0 fully saturated rings. The molecule has 0 aliphatic rings. The van der Waals surface area contributed by atoms with Crippen molar-refractivity contribution >= 4 is 23.9 Å². The Bertz CT molecular complexity index is 473. The Hall–Kier alpha value is -2.10. The number of carboxylic acids is 1. The number of benzene rings is 1. The number of rotatable bonds is 6. The van der Waals surface area contributed by atoms with E-state index in [1.165, 1.54) is 0 Å². The summed E-state index contributed by atoms with van der Waals surface area (Å²) in [6.07, 6.45) is 5.75. The van der Waals surface area contributed by atoms with Crippen LogP contribution >= 0.6 is 0 Å². The van der Waals surface area contributed by atoms with Crippen molar-refractivity contribution in [1.82, 2.24) is 0 Å². The zero-order chi connectivity index (χ0) is 14.3. The smallest absolute Gasteiger partial charge is 0.369 e. The predicted octanol–water partition coefficient (Wildman–Crippen LogP) is 1.95. The molecule has 0 aliphatic carbocycles. The standard InChI is InChI=1S/C15H20N2O2/c1-4-17(12-15(18)19)11-5-6-13-7-9-14(10-8-13)16(2)3/h4-10H,11-12H2,1-3H3/p+1. The first-order valence-electron chi connectivity index (χ1n) is 6.22. The number of aliphatic carboxylic acids is 1. The summed E-state index contributed by atoms with van der Waals surface area (Å²) in [7, 11) is 4.01. The molecule has 1 aromatic carbocycles. The van der Waals surface area contributed by atoms with Crippen LogP contribution in [-0.4, -0.2) is 49.1 Å². The third-order valence-electron chi connectivity index (χ3n) is 2.76. The van der Waals surface area contributed by atoms with Crippen molar-refractivity contribution < 1.29 is 14.5 Å². The van der Waals surface area contributed by atoms with Crippen molar-refractivity contribution in [3.05, 3.63) is 35.9 Å². The van der Waals surface area contributed by atoms with Gasteiger partial charge in [-0.3, -0.25) is 0 Å². The lowest BCUT2D eigenvalue weighted by Crippen LogP contribution is -2.20. The number of anilines is 1. The van der Waals surface area contributed by atoms with Crippen LogP contribution < -0.4 is 4.90 Å². The van der Waals surface area contributed by atoms with E-state index in [4.69, 9.17) is 5.11 Å². The topological polar surface area (TPSA) is 43.5 Å². The number of nitrogens with zero attached hydrogens (tertiary/aromatic N) is 2. The third-order valence-corrected chi connectivity index (χ3v) is 2.76. The van der Waals surface area contributed by atoms with E-state index in [1.54, 1.807) is 10.8 Å². The number of hydrogen-bond donors (Lipinski definition) is 1. The number of hydrogen-bond acceptors (Lipinski definition) is 2. The molecule has 1 rings (SSSR count). The van der Waals surface area contributed by atoms with Crippen molar-refractivity contribution in [3.8, 4) is 0 Å². The maximum atomic E-state index is 10.6. The maximum absolute atomic E-state index is 10.6. The molecule has 0 saturated heterocycles. The van der Waals surface area contributed by atoms with Gasteiger partial charge in [0.2, 0.25) is 6.54 Å². The lowest BCUT2D eigenvalue weighted by molar-refractivity contribution is -0.503. The second kappa shape index (κ2) is 7.36. The molecule has 0 amide bonds. The SMILES string of the molecule is CC=[N+](CC=Cc1ccc(N(C)C)cc1)CC(=O)O. The van der Waals surface area contributed by atoms with Gasteiger partial charge in [0.05, 0.1) is 0 Å². The quantitative estimate of drug-likeness (QED) is 0.629. The minimum Gasteiger partial charge on any atom is -0.477 e. The average Bonchev–Trinajstić information content (AvgIpc) is 2.37. The highest BCUT2D eigenvalue weighted by molar-refractivity contribution is 5.68. The van der Waals surface area contributed by atoms with E-state index in [9.17, 15) is 4.79 Å². The van der Waals surface area contributed by atoms with Crippen molar-refractivity contribution in [1.29, 1.82) is 0 Å². The Balaban J connectivity index is 2.59. The third kappa shape index (κ3) is 5.38. The maximum Gasteiger partial charge on any atom is 0.369 e. The van der Waals surface area contributed by atoms with Gasteiger partial charge in [0, 0.05) is 26.7 Å². The molecule has 4 heteroatoms. The zero-order valence-corrected chi connectivity index (χ0v) is 11.7. The monoisotopic (exact) mass is 261 g/mol. The molecule has 0 aromatic heterocycles. The molecule has 0 spiro atoms. The van der Waals surface area contributed by atoms with Gasteiger partial charge in [0.25, 0.3) is 0 Å². The molecule has 4 nitrogen and oxygen atoms in total. The van der Waals surface area contributed by atoms with Gasteiger partial charge in [0.1, 0.15) is 6.21 Å². The molecule has 0 atom stereocenters. The molecule has 0 radical (unpaired) electrons. The van der Waals surface area contributed by atoms with E-state index in [2.05, 4.69) is 12.1 Å². The summed E-state index contributed by atoms with van der Waals surface area (Å²) in [6.45, 7) is 2.46. The van der Waals surface area contributed by atoms with Crippen LogP contribution in [0.1, 0.15) is 12.5 Å². The molecule has 102 valence electrons. The molecule has 1 aromatic rings. The second-order valence-electron chi connectivity index (χ2n) is 4.47. The van der Waals surface area contributed by atoms with Gasteiger partial charge in [0.15, 0.2) is 6.54 Å². The molecular weight excluding hydrogens is 240 g/mol. The van der Waals surface area contributed by atoms with Gasteiger partial charge in [-0.25, -0.2) is 9.37 Å². The van der Waals surface area contributed by atoms with Gasteiger partial charge in [-0.1, -0.05) is 18.2 Å². The Morgan fingerprint density at radius 3 is 2.42 bits per heavy atom. The summed E-state index contributed by atoms with van der Waals surface area (Å²) in [5, 5.41) is 8.72. The van der Waals surface area contributed by atoms with E-state index < -0.39 is 5.97 Å². The fraction of sp³-hybridized carbons (Fsp3) is 0.333. The summed E-state index contributed by atoms with van der Waals surface area (Å²) in [6, 6.07) is 8.20. The van der Waals surface area contributed by atoms with Crippen molar-refractivity contribution in [2.75, 3.05) is 32.1 Å². The number of carboxylic acid groups (broad SMARTS) is 1. The summed E-state index contributed by atoms with van der Waals surface area (Å²) in [4.78, 5) is 12.7. The van der Waals surface area contributed by atoms with Crippen LogP contribution in [0.2, 0.25) is 0 Å². The van der Waals surface area contributed by atoms with E-state index >= 15 is 0 Å². The first-order chi connectivity index (χ1) is 9.02. The van der Waals surface area contributed by atoms with E-state index in [1.807, 2.05) is 50.2 Å². The Morgan fingerprint density at radius 1 is 1.32 bits per heavy atom. The highest BCUT2D eigenvalue weighted by Crippen LogP contribution is 2.12. The Labute approximate surface area is 114 Å². The van der Waals surface area contributed by atoms with Crippen molar-refractivity contribution in [2.45, 2.75) is 6.92 Å². The van der Waals surface area contributed by atoms with Crippen LogP contribution in [0.4, 0.5) is 5.69 Å². The summed E-state index contributed by atoms with van der Waals surface area (Å²) >= 11 is 0. The Kier molecular flexibility index (Phi) is 5.79. The number of carbonyl (C=O) groups is 1. The lowest BCUT2D eigenvalue weighted by Gasteiger charge is -2.11. The van der Waals surface area contributed by atoms with Crippen LogP contribution in [0, 0.1) is 0 Å². The van der Waals surface area contributed by atoms with Crippen LogP contribution in [-0.2, 0) is 4.79 Å². The largest absolute Gasteiger partial charge is 0.477 e.